The first kappa shape index (κ1) is 13.5. The summed E-state index contributed by atoms with van der Waals surface area (Å²) in [5.41, 5.74) is 0. The van der Waals surface area contributed by atoms with Crippen molar-refractivity contribution in [2.24, 2.45) is 0 Å². The zero-order chi connectivity index (χ0) is 14.2. The average molecular weight is 291 g/mol. The minimum absolute atomic E-state index is 0.118. The molecule has 5 heteroatoms. The van der Waals surface area contributed by atoms with E-state index in [0.717, 1.165) is 23.6 Å². The van der Waals surface area contributed by atoms with E-state index in [1.165, 1.54) is 4.31 Å². The molecule has 1 aliphatic heterocycles. The van der Waals surface area contributed by atoms with Crippen LogP contribution < -0.4 is 0 Å². The van der Waals surface area contributed by atoms with Crippen LogP contribution in [0.2, 0.25) is 0 Å². The normalized spacial score (nSPS) is 20.6. The fourth-order valence-electron chi connectivity index (χ4n) is 2.77. The molecule has 4 nitrogen and oxygen atoms in total. The van der Waals surface area contributed by atoms with Gasteiger partial charge in [0.05, 0.1) is 11.5 Å². The molecule has 106 valence electrons. The first-order valence-corrected chi connectivity index (χ1v) is 8.18. The molecule has 3 rings (SSSR count). The minimum Gasteiger partial charge on any atom is -0.395 e. The third kappa shape index (κ3) is 2.22. The predicted octanol–water partition coefficient (Wildman–Crippen LogP) is 1.99. The molecular weight excluding hydrogens is 274 g/mol. The summed E-state index contributed by atoms with van der Waals surface area (Å²) in [7, 11) is -3.52. The Morgan fingerprint density at radius 2 is 1.90 bits per heavy atom. The summed E-state index contributed by atoms with van der Waals surface area (Å²) < 4.78 is 26.8. The quantitative estimate of drug-likeness (QED) is 0.941. The van der Waals surface area contributed by atoms with Crippen LogP contribution in [0.25, 0.3) is 10.8 Å². The van der Waals surface area contributed by atoms with Gasteiger partial charge in [-0.2, -0.15) is 4.31 Å². The lowest BCUT2D eigenvalue weighted by Gasteiger charge is -2.22. The number of hydrogen-bond acceptors (Lipinski definition) is 3. The molecule has 0 aliphatic carbocycles. The predicted molar refractivity (Wildman–Crippen MR) is 77.9 cm³/mol. The van der Waals surface area contributed by atoms with E-state index in [0.29, 0.717) is 11.4 Å². The number of aliphatic hydroxyl groups is 1. The Labute approximate surface area is 118 Å². The third-order valence-electron chi connectivity index (χ3n) is 3.86. The van der Waals surface area contributed by atoms with Crippen molar-refractivity contribution >= 4 is 20.8 Å². The van der Waals surface area contributed by atoms with Gasteiger partial charge in [0.1, 0.15) is 0 Å². The van der Waals surface area contributed by atoms with Gasteiger partial charge < -0.3 is 5.11 Å². The number of hydrogen-bond donors (Lipinski definition) is 1. The average Bonchev–Trinajstić information content (AvgIpc) is 2.96. The zero-order valence-electron chi connectivity index (χ0n) is 11.1. The minimum atomic E-state index is -3.52. The summed E-state index contributed by atoms with van der Waals surface area (Å²) in [5, 5.41) is 11.2. The lowest BCUT2D eigenvalue weighted by Crippen LogP contribution is -2.37. The molecule has 0 amide bonds. The Balaban J connectivity index is 2.04. The van der Waals surface area contributed by atoms with Gasteiger partial charge in [-0.25, -0.2) is 8.42 Å². The standard InChI is InChI=1S/C15H17NO3S/c17-11-14-6-3-9-16(14)20(18,19)15-8-7-12-4-1-2-5-13(12)10-15/h1-2,4-5,7-8,10,14,17H,3,6,9,11H2/t14-/m1/s1. The van der Waals surface area contributed by atoms with E-state index in [1.807, 2.05) is 30.3 Å². The lowest BCUT2D eigenvalue weighted by atomic mass is 10.1. The monoisotopic (exact) mass is 291 g/mol. The zero-order valence-corrected chi connectivity index (χ0v) is 11.9. The molecule has 2 aromatic rings. The van der Waals surface area contributed by atoms with E-state index < -0.39 is 10.0 Å². The molecule has 1 heterocycles. The Morgan fingerprint density at radius 3 is 2.65 bits per heavy atom. The molecule has 1 fully saturated rings. The maximum Gasteiger partial charge on any atom is 0.243 e. The Kier molecular flexibility index (Phi) is 3.50. The summed E-state index contributed by atoms with van der Waals surface area (Å²) in [4.78, 5) is 0.302. The van der Waals surface area contributed by atoms with Crippen molar-refractivity contribution in [1.82, 2.24) is 4.31 Å². The Morgan fingerprint density at radius 1 is 1.15 bits per heavy atom. The van der Waals surface area contributed by atoms with E-state index in [9.17, 15) is 13.5 Å². The van der Waals surface area contributed by atoms with Crippen LogP contribution in [-0.4, -0.2) is 37.0 Å². The highest BCUT2D eigenvalue weighted by molar-refractivity contribution is 7.89. The van der Waals surface area contributed by atoms with Crippen molar-refractivity contribution in [3.8, 4) is 0 Å². The maximum atomic E-state index is 12.7. The number of fused-ring (bicyclic) bond motifs is 1. The first-order valence-electron chi connectivity index (χ1n) is 6.74. The largest absolute Gasteiger partial charge is 0.395 e. The van der Waals surface area contributed by atoms with Crippen molar-refractivity contribution in [1.29, 1.82) is 0 Å². The second kappa shape index (κ2) is 5.16. The van der Waals surface area contributed by atoms with Crippen molar-refractivity contribution in [2.75, 3.05) is 13.2 Å². The van der Waals surface area contributed by atoms with Crippen LogP contribution in [0, 0.1) is 0 Å². The third-order valence-corrected chi connectivity index (χ3v) is 5.81. The summed E-state index contributed by atoms with van der Waals surface area (Å²) in [6.45, 7) is 0.368. The van der Waals surface area contributed by atoms with Crippen LogP contribution in [0.5, 0.6) is 0 Å². The number of sulfonamides is 1. The molecule has 2 aromatic carbocycles. The number of nitrogens with zero attached hydrogens (tertiary/aromatic N) is 1. The van der Waals surface area contributed by atoms with Gasteiger partial charge in [0, 0.05) is 12.6 Å². The smallest absolute Gasteiger partial charge is 0.243 e. The number of benzene rings is 2. The molecule has 20 heavy (non-hydrogen) atoms. The summed E-state index contributed by atoms with van der Waals surface area (Å²) in [6.07, 6.45) is 1.53. The van der Waals surface area contributed by atoms with Gasteiger partial charge in [0.2, 0.25) is 10.0 Å². The summed E-state index contributed by atoms with van der Waals surface area (Å²) in [5.74, 6) is 0. The van der Waals surface area contributed by atoms with Gasteiger partial charge in [0.15, 0.2) is 0 Å². The highest BCUT2D eigenvalue weighted by Gasteiger charge is 2.34. The van der Waals surface area contributed by atoms with Crippen LogP contribution in [0.4, 0.5) is 0 Å². The molecule has 0 radical (unpaired) electrons. The molecule has 0 spiro atoms. The van der Waals surface area contributed by atoms with Gasteiger partial charge in [-0.3, -0.25) is 0 Å². The second-order valence-corrected chi connectivity index (χ2v) is 6.99. The van der Waals surface area contributed by atoms with Crippen molar-refractivity contribution < 1.29 is 13.5 Å². The molecule has 0 aromatic heterocycles. The summed E-state index contributed by atoms with van der Waals surface area (Å²) >= 11 is 0. The van der Waals surface area contributed by atoms with E-state index in [1.54, 1.807) is 12.1 Å². The molecule has 0 saturated carbocycles. The summed E-state index contributed by atoms with van der Waals surface area (Å²) in [6, 6.07) is 12.6. The van der Waals surface area contributed by atoms with Crippen LogP contribution >= 0.6 is 0 Å². The fourth-order valence-corrected chi connectivity index (χ4v) is 4.49. The van der Waals surface area contributed by atoms with Crippen LogP contribution in [-0.2, 0) is 10.0 Å². The van der Waals surface area contributed by atoms with E-state index in [-0.39, 0.29) is 12.6 Å². The Bertz CT molecular complexity index is 727. The number of rotatable bonds is 3. The molecule has 0 unspecified atom stereocenters. The second-order valence-electron chi connectivity index (χ2n) is 5.10. The van der Waals surface area contributed by atoms with Gasteiger partial charge in [-0.05, 0) is 35.7 Å². The SMILES string of the molecule is O=S(=O)(c1ccc2ccccc2c1)N1CCC[C@@H]1CO. The van der Waals surface area contributed by atoms with Crippen LogP contribution in [0.15, 0.2) is 47.4 Å². The van der Waals surface area contributed by atoms with Crippen LogP contribution in [0.1, 0.15) is 12.8 Å². The van der Waals surface area contributed by atoms with Crippen molar-refractivity contribution in [2.45, 2.75) is 23.8 Å². The van der Waals surface area contributed by atoms with E-state index in [2.05, 4.69) is 0 Å². The Hall–Kier alpha value is -1.43. The topological polar surface area (TPSA) is 57.6 Å². The maximum absolute atomic E-state index is 12.7. The fraction of sp³-hybridized carbons (Fsp3) is 0.333. The molecule has 1 atom stereocenters. The van der Waals surface area contributed by atoms with E-state index in [4.69, 9.17) is 0 Å². The van der Waals surface area contributed by atoms with Crippen molar-refractivity contribution in [3.63, 3.8) is 0 Å². The molecule has 0 bridgehead atoms. The molecule has 1 aliphatic rings. The number of aliphatic hydroxyl groups excluding tert-OH is 1. The van der Waals surface area contributed by atoms with Gasteiger partial charge in [0.25, 0.3) is 0 Å². The van der Waals surface area contributed by atoms with E-state index >= 15 is 0 Å². The molecule has 1 N–H and O–H groups in total. The molecule has 1 saturated heterocycles. The van der Waals surface area contributed by atoms with Gasteiger partial charge in [-0.1, -0.05) is 30.3 Å². The van der Waals surface area contributed by atoms with Crippen molar-refractivity contribution in [3.05, 3.63) is 42.5 Å². The highest BCUT2D eigenvalue weighted by atomic mass is 32.2. The highest BCUT2D eigenvalue weighted by Crippen LogP contribution is 2.27. The van der Waals surface area contributed by atoms with Gasteiger partial charge in [-0.15, -0.1) is 0 Å². The van der Waals surface area contributed by atoms with Gasteiger partial charge >= 0.3 is 0 Å². The first-order chi connectivity index (χ1) is 9.63. The van der Waals surface area contributed by atoms with Crippen LogP contribution in [0.3, 0.4) is 0 Å². The lowest BCUT2D eigenvalue weighted by molar-refractivity contribution is 0.213. The molecular formula is C15H17NO3S.